The van der Waals surface area contributed by atoms with E-state index in [4.69, 9.17) is 0 Å². The molecule has 0 radical (unpaired) electrons. The summed E-state index contributed by atoms with van der Waals surface area (Å²) in [5.41, 5.74) is 1.83. The van der Waals surface area contributed by atoms with E-state index >= 15 is 0 Å². The number of nitrogens with zero attached hydrogens (tertiary/aromatic N) is 2. The van der Waals surface area contributed by atoms with Gasteiger partial charge in [-0.2, -0.15) is 0 Å². The lowest BCUT2D eigenvalue weighted by Crippen LogP contribution is -2.48. The summed E-state index contributed by atoms with van der Waals surface area (Å²) in [4.78, 5) is 6.67. The smallest absolute Gasteiger partial charge is 0.191 e. The van der Waals surface area contributed by atoms with Gasteiger partial charge in [0.1, 0.15) is 5.82 Å². The van der Waals surface area contributed by atoms with Crippen molar-refractivity contribution in [3.05, 3.63) is 46.2 Å². The number of hydrogen-bond donors (Lipinski definition) is 2. The van der Waals surface area contributed by atoms with Crippen molar-refractivity contribution in [1.82, 2.24) is 15.5 Å². The molecule has 132 valence electrons. The first kappa shape index (κ1) is 18.9. The second kappa shape index (κ2) is 9.18. The molecule has 1 aromatic carbocycles. The third-order valence-corrected chi connectivity index (χ3v) is 4.60. The summed E-state index contributed by atoms with van der Waals surface area (Å²) in [7, 11) is 1.74. The van der Waals surface area contributed by atoms with E-state index in [9.17, 15) is 4.39 Å². The topological polar surface area (TPSA) is 39.7 Å². The number of halogens is 2. The van der Waals surface area contributed by atoms with Gasteiger partial charge in [-0.25, -0.2) is 4.39 Å². The number of hydrogen-bond acceptors (Lipinski definition) is 2. The fraction of sp³-hybridized carbons (Fsp3) is 0.500. The molecule has 4 nitrogen and oxygen atoms in total. The minimum absolute atomic E-state index is 0.222. The molecule has 0 aliphatic carbocycles. The van der Waals surface area contributed by atoms with Crippen LogP contribution in [0.3, 0.4) is 0 Å². The van der Waals surface area contributed by atoms with Gasteiger partial charge in [0.2, 0.25) is 0 Å². The summed E-state index contributed by atoms with van der Waals surface area (Å²) in [6.07, 6.45) is 2.14. The number of piperidine rings is 1. The Morgan fingerprint density at radius 1 is 1.42 bits per heavy atom. The van der Waals surface area contributed by atoms with Gasteiger partial charge in [-0.15, -0.1) is 0 Å². The maximum absolute atomic E-state index is 13.9. The number of guanidine groups is 1. The average Bonchev–Trinajstić information content (AvgIpc) is 2.54. The van der Waals surface area contributed by atoms with Gasteiger partial charge >= 0.3 is 0 Å². The summed E-state index contributed by atoms with van der Waals surface area (Å²) in [5.74, 6) is 0.496. The highest BCUT2D eigenvalue weighted by molar-refractivity contribution is 9.10. The van der Waals surface area contributed by atoms with Gasteiger partial charge in [0, 0.05) is 49.3 Å². The van der Waals surface area contributed by atoms with E-state index < -0.39 is 0 Å². The summed E-state index contributed by atoms with van der Waals surface area (Å²) in [6.45, 7) is 9.54. The van der Waals surface area contributed by atoms with Crippen LogP contribution in [0.1, 0.15) is 25.3 Å². The molecule has 1 aliphatic heterocycles. The molecule has 2 N–H and O–H groups in total. The molecule has 0 amide bonds. The number of nitrogens with one attached hydrogen (secondary N) is 2. The Hall–Kier alpha value is -1.40. The molecular weight excluding hydrogens is 371 g/mol. The van der Waals surface area contributed by atoms with Gasteiger partial charge < -0.3 is 10.6 Å². The SMILES string of the molecule is C=C(C)CN1CCC(NC(=NC)NCc2ccc(Br)cc2F)CC1. The van der Waals surface area contributed by atoms with Crippen LogP contribution in [-0.4, -0.2) is 43.6 Å². The molecule has 24 heavy (non-hydrogen) atoms. The molecule has 1 aliphatic rings. The first-order valence-electron chi connectivity index (χ1n) is 8.25. The zero-order valence-electron chi connectivity index (χ0n) is 14.4. The van der Waals surface area contributed by atoms with E-state index in [2.05, 4.69) is 50.0 Å². The normalized spacial score (nSPS) is 16.9. The molecule has 0 atom stereocenters. The molecular formula is C18H26BrFN4. The predicted octanol–water partition coefficient (Wildman–Crippen LogP) is 3.29. The van der Waals surface area contributed by atoms with Crippen LogP contribution in [-0.2, 0) is 6.54 Å². The van der Waals surface area contributed by atoms with Crippen LogP contribution in [0.15, 0.2) is 39.8 Å². The van der Waals surface area contributed by atoms with E-state index in [1.807, 2.05) is 6.07 Å². The lowest BCUT2D eigenvalue weighted by molar-refractivity contribution is 0.221. The second-order valence-electron chi connectivity index (χ2n) is 6.31. The molecule has 6 heteroatoms. The van der Waals surface area contributed by atoms with Gasteiger partial charge in [-0.3, -0.25) is 9.89 Å². The summed E-state index contributed by atoms with van der Waals surface area (Å²) >= 11 is 3.27. The summed E-state index contributed by atoms with van der Waals surface area (Å²) in [5, 5.41) is 6.63. The minimum Gasteiger partial charge on any atom is -0.354 e. The van der Waals surface area contributed by atoms with Crippen molar-refractivity contribution >= 4 is 21.9 Å². The van der Waals surface area contributed by atoms with Crippen LogP contribution >= 0.6 is 15.9 Å². The quantitative estimate of drug-likeness (QED) is 0.455. The fourth-order valence-corrected chi connectivity index (χ4v) is 3.18. The Morgan fingerprint density at radius 2 is 2.12 bits per heavy atom. The second-order valence-corrected chi connectivity index (χ2v) is 7.23. The zero-order valence-corrected chi connectivity index (χ0v) is 16.0. The molecule has 1 heterocycles. The first-order valence-corrected chi connectivity index (χ1v) is 9.05. The van der Waals surface area contributed by atoms with Gasteiger partial charge in [0.15, 0.2) is 5.96 Å². The predicted molar refractivity (Wildman–Crippen MR) is 102 cm³/mol. The average molecular weight is 397 g/mol. The number of aliphatic imine (C=N–C) groups is 1. The van der Waals surface area contributed by atoms with Gasteiger partial charge in [0.25, 0.3) is 0 Å². The highest BCUT2D eigenvalue weighted by Crippen LogP contribution is 2.15. The van der Waals surface area contributed by atoms with Gasteiger partial charge in [-0.1, -0.05) is 34.1 Å². The molecule has 1 saturated heterocycles. The van der Waals surface area contributed by atoms with Crippen LogP contribution in [0, 0.1) is 5.82 Å². The lowest BCUT2D eigenvalue weighted by Gasteiger charge is -2.33. The molecule has 0 unspecified atom stereocenters. The van der Waals surface area contributed by atoms with Crippen LogP contribution < -0.4 is 10.6 Å². The number of likely N-dealkylation sites (tertiary alicyclic amines) is 1. The maximum Gasteiger partial charge on any atom is 0.191 e. The van der Waals surface area contributed by atoms with Crippen molar-refractivity contribution in [2.75, 3.05) is 26.7 Å². The van der Waals surface area contributed by atoms with E-state index in [1.165, 1.54) is 11.6 Å². The van der Waals surface area contributed by atoms with Crippen LogP contribution in [0.25, 0.3) is 0 Å². The number of benzene rings is 1. The molecule has 0 spiro atoms. The van der Waals surface area contributed by atoms with Crippen LogP contribution in [0.4, 0.5) is 4.39 Å². The maximum atomic E-state index is 13.9. The molecule has 0 bridgehead atoms. The Kier molecular flexibility index (Phi) is 7.24. The Morgan fingerprint density at radius 3 is 2.71 bits per heavy atom. The number of rotatable bonds is 5. The molecule has 2 rings (SSSR count). The van der Waals surface area contributed by atoms with Crippen molar-refractivity contribution in [3.8, 4) is 0 Å². The molecule has 1 aromatic rings. The lowest BCUT2D eigenvalue weighted by atomic mass is 10.0. The van der Waals surface area contributed by atoms with E-state index in [0.717, 1.165) is 42.9 Å². The van der Waals surface area contributed by atoms with Crippen LogP contribution in [0.2, 0.25) is 0 Å². The Bertz CT molecular complexity index is 595. The highest BCUT2D eigenvalue weighted by Gasteiger charge is 2.19. The molecule has 0 saturated carbocycles. The van der Waals surface area contributed by atoms with Crippen molar-refractivity contribution in [2.24, 2.45) is 4.99 Å². The van der Waals surface area contributed by atoms with Crippen molar-refractivity contribution in [2.45, 2.75) is 32.4 Å². The third-order valence-electron chi connectivity index (χ3n) is 4.11. The summed E-state index contributed by atoms with van der Waals surface area (Å²) in [6, 6.07) is 5.49. The molecule has 1 fully saturated rings. The minimum atomic E-state index is -0.222. The standard InChI is InChI=1S/C18H26BrFN4/c1-13(2)12-24-8-6-16(7-9-24)23-18(21-3)22-11-14-4-5-15(19)10-17(14)20/h4-5,10,16H,1,6-9,11-12H2,2-3H3,(H2,21,22,23). The van der Waals surface area contributed by atoms with Crippen molar-refractivity contribution in [1.29, 1.82) is 0 Å². The third kappa shape index (κ3) is 5.91. The fourth-order valence-electron chi connectivity index (χ4n) is 2.85. The zero-order chi connectivity index (χ0) is 17.5. The van der Waals surface area contributed by atoms with Crippen molar-refractivity contribution < 1.29 is 4.39 Å². The van der Waals surface area contributed by atoms with Crippen molar-refractivity contribution in [3.63, 3.8) is 0 Å². The van der Waals surface area contributed by atoms with E-state index in [0.29, 0.717) is 18.2 Å². The Balaban J connectivity index is 1.80. The molecule has 0 aromatic heterocycles. The first-order chi connectivity index (χ1) is 11.5. The van der Waals surface area contributed by atoms with Crippen LogP contribution in [0.5, 0.6) is 0 Å². The van der Waals surface area contributed by atoms with Gasteiger partial charge in [-0.05, 0) is 31.9 Å². The Labute approximate surface area is 152 Å². The van der Waals surface area contributed by atoms with E-state index in [1.54, 1.807) is 13.1 Å². The van der Waals surface area contributed by atoms with E-state index in [-0.39, 0.29) is 5.82 Å². The highest BCUT2D eigenvalue weighted by atomic mass is 79.9. The largest absolute Gasteiger partial charge is 0.354 e. The summed E-state index contributed by atoms with van der Waals surface area (Å²) < 4.78 is 14.6. The monoisotopic (exact) mass is 396 g/mol. The van der Waals surface area contributed by atoms with Gasteiger partial charge in [0.05, 0.1) is 0 Å².